The maximum Gasteiger partial charge on any atom is 0.151 e. The Morgan fingerprint density at radius 2 is 2.31 bits per heavy atom. The number of thiophene rings is 1. The molecule has 0 unspecified atom stereocenters. The van der Waals surface area contributed by atoms with Gasteiger partial charge in [0, 0.05) is 5.38 Å². The predicted octanol–water partition coefficient (Wildman–Crippen LogP) is 2.51. The highest BCUT2D eigenvalue weighted by atomic mass is 32.1. The smallest absolute Gasteiger partial charge is 0.151 e. The molecule has 0 spiro atoms. The Bertz CT molecular complexity index is 416. The highest BCUT2D eigenvalue weighted by Crippen LogP contribution is 2.25. The minimum atomic E-state index is 0.368. The molecule has 66 valence electrons. The Balaban J connectivity index is 2.39. The minimum Gasteiger partial charge on any atom is -0.387 e. The van der Waals surface area contributed by atoms with Gasteiger partial charge in [-0.15, -0.1) is 22.7 Å². The van der Waals surface area contributed by atoms with Crippen molar-refractivity contribution in [1.29, 1.82) is 0 Å². The molecule has 2 aromatic heterocycles. The summed E-state index contributed by atoms with van der Waals surface area (Å²) >= 11 is 7.98. The van der Waals surface area contributed by atoms with Gasteiger partial charge in [0.2, 0.25) is 0 Å². The fourth-order valence-corrected chi connectivity index (χ4v) is 2.55. The molecule has 0 saturated carbocycles. The van der Waals surface area contributed by atoms with E-state index >= 15 is 0 Å². The van der Waals surface area contributed by atoms with Gasteiger partial charge < -0.3 is 5.73 Å². The summed E-state index contributed by atoms with van der Waals surface area (Å²) in [6.07, 6.45) is 0. The third-order valence-corrected chi connectivity index (χ3v) is 3.58. The zero-order valence-corrected chi connectivity index (χ0v) is 9.01. The summed E-state index contributed by atoms with van der Waals surface area (Å²) in [5.74, 6) is 0. The van der Waals surface area contributed by atoms with E-state index in [1.54, 1.807) is 11.3 Å². The number of thiazole rings is 1. The van der Waals surface area contributed by atoms with Crippen molar-refractivity contribution in [2.75, 3.05) is 0 Å². The van der Waals surface area contributed by atoms with Crippen LogP contribution < -0.4 is 5.73 Å². The number of hydrogen-bond acceptors (Lipinski definition) is 4. The molecule has 0 aliphatic rings. The van der Waals surface area contributed by atoms with Crippen molar-refractivity contribution < 1.29 is 0 Å². The van der Waals surface area contributed by atoms with Gasteiger partial charge in [0.1, 0.15) is 4.99 Å². The first-order valence-electron chi connectivity index (χ1n) is 3.56. The van der Waals surface area contributed by atoms with Gasteiger partial charge in [0.25, 0.3) is 0 Å². The van der Waals surface area contributed by atoms with Gasteiger partial charge in [0.05, 0.1) is 10.6 Å². The molecule has 0 aliphatic carbocycles. The van der Waals surface area contributed by atoms with Gasteiger partial charge >= 0.3 is 0 Å². The van der Waals surface area contributed by atoms with Crippen LogP contribution in [0.25, 0.3) is 10.6 Å². The van der Waals surface area contributed by atoms with E-state index in [1.165, 1.54) is 11.3 Å². The number of aromatic nitrogens is 1. The first-order chi connectivity index (χ1) is 6.27. The standard InChI is InChI=1S/C8H6N2S3/c9-7(11)8-10-5(4-13-8)6-2-1-3-12-6/h1-4H,(H2,9,11). The Kier molecular flexibility index (Phi) is 2.39. The highest BCUT2D eigenvalue weighted by Gasteiger charge is 2.06. The summed E-state index contributed by atoms with van der Waals surface area (Å²) in [5.41, 5.74) is 6.42. The summed E-state index contributed by atoms with van der Waals surface area (Å²) in [5, 5.41) is 4.73. The van der Waals surface area contributed by atoms with Gasteiger partial charge in [-0.05, 0) is 11.4 Å². The van der Waals surface area contributed by atoms with Crippen LogP contribution in [-0.4, -0.2) is 9.97 Å². The van der Waals surface area contributed by atoms with E-state index in [1.807, 2.05) is 22.9 Å². The maximum atomic E-state index is 5.46. The monoisotopic (exact) mass is 226 g/mol. The number of thiocarbonyl (C=S) groups is 1. The third-order valence-electron chi connectivity index (χ3n) is 1.49. The van der Waals surface area contributed by atoms with Gasteiger partial charge in [-0.1, -0.05) is 18.3 Å². The molecule has 0 bridgehead atoms. The average molecular weight is 226 g/mol. The predicted molar refractivity (Wildman–Crippen MR) is 61.3 cm³/mol. The maximum absolute atomic E-state index is 5.46. The second-order valence-corrected chi connectivity index (χ2v) is 4.63. The molecule has 13 heavy (non-hydrogen) atoms. The van der Waals surface area contributed by atoms with Gasteiger partial charge in [0.15, 0.2) is 5.01 Å². The SMILES string of the molecule is NC(=S)c1nc(-c2cccs2)cs1. The fraction of sp³-hybridized carbons (Fsp3) is 0. The van der Waals surface area contributed by atoms with E-state index in [-0.39, 0.29) is 0 Å². The molecule has 2 nitrogen and oxygen atoms in total. The molecule has 2 N–H and O–H groups in total. The Labute approximate surface area is 89.1 Å². The first kappa shape index (κ1) is 8.80. The number of hydrogen-bond donors (Lipinski definition) is 1. The summed E-state index contributed by atoms with van der Waals surface area (Å²) in [6.45, 7) is 0. The molecule has 5 heteroatoms. The molecule has 0 aliphatic heterocycles. The summed E-state index contributed by atoms with van der Waals surface area (Å²) < 4.78 is 0. The summed E-state index contributed by atoms with van der Waals surface area (Å²) in [4.78, 5) is 5.83. The second-order valence-electron chi connectivity index (χ2n) is 2.38. The van der Waals surface area contributed by atoms with Crippen LogP contribution in [-0.2, 0) is 0 Å². The second kappa shape index (κ2) is 3.53. The van der Waals surface area contributed by atoms with Crippen LogP contribution in [0.3, 0.4) is 0 Å². The summed E-state index contributed by atoms with van der Waals surface area (Å²) in [6, 6.07) is 4.03. The summed E-state index contributed by atoms with van der Waals surface area (Å²) in [7, 11) is 0. The van der Waals surface area contributed by atoms with Crippen molar-refractivity contribution in [2.45, 2.75) is 0 Å². The van der Waals surface area contributed by atoms with E-state index in [4.69, 9.17) is 18.0 Å². The lowest BCUT2D eigenvalue weighted by Crippen LogP contribution is -2.08. The van der Waals surface area contributed by atoms with Gasteiger partial charge in [-0.25, -0.2) is 4.98 Å². The average Bonchev–Trinajstić information content (AvgIpc) is 2.75. The normalized spacial score (nSPS) is 10.2. The van der Waals surface area contributed by atoms with Crippen molar-refractivity contribution in [3.05, 3.63) is 27.9 Å². The van der Waals surface area contributed by atoms with Crippen molar-refractivity contribution in [1.82, 2.24) is 4.98 Å². The Hall–Kier alpha value is -0.780. The molecule has 0 fully saturated rings. The lowest BCUT2D eigenvalue weighted by Gasteiger charge is -1.88. The van der Waals surface area contributed by atoms with Crippen LogP contribution in [0.15, 0.2) is 22.9 Å². The molecule has 0 saturated heterocycles. The zero-order chi connectivity index (χ0) is 9.26. The van der Waals surface area contributed by atoms with Crippen LogP contribution >= 0.6 is 34.9 Å². The lowest BCUT2D eigenvalue weighted by atomic mass is 10.4. The highest BCUT2D eigenvalue weighted by molar-refractivity contribution is 7.81. The zero-order valence-electron chi connectivity index (χ0n) is 6.56. The molecule has 2 heterocycles. The van der Waals surface area contributed by atoms with E-state index in [0.717, 1.165) is 15.6 Å². The van der Waals surface area contributed by atoms with Gasteiger partial charge in [-0.2, -0.15) is 0 Å². The Morgan fingerprint density at radius 1 is 1.46 bits per heavy atom. The van der Waals surface area contributed by atoms with E-state index in [0.29, 0.717) is 4.99 Å². The molecule has 0 atom stereocenters. The molecular weight excluding hydrogens is 220 g/mol. The van der Waals surface area contributed by atoms with Crippen molar-refractivity contribution in [3.63, 3.8) is 0 Å². The lowest BCUT2D eigenvalue weighted by molar-refractivity contribution is 1.40. The van der Waals surface area contributed by atoms with Crippen molar-refractivity contribution in [2.24, 2.45) is 5.73 Å². The third kappa shape index (κ3) is 1.77. The van der Waals surface area contributed by atoms with E-state index in [2.05, 4.69) is 4.98 Å². The quantitative estimate of drug-likeness (QED) is 0.800. The fourth-order valence-electron chi connectivity index (χ4n) is 0.924. The van der Waals surface area contributed by atoms with Crippen LogP contribution in [0.1, 0.15) is 5.01 Å². The number of rotatable bonds is 2. The molecule has 0 aromatic carbocycles. The van der Waals surface area contributed by atoms with Crippen LogP contribution in [0.5, 0.6) is 0 Å². The topological polar surface area (TPSA) is 38.9 Å². The van der Waals surface area contributed by atoms with E-state index in [9.17, 15) is 0 Å². The number of nitrogens with zero attached hydrogens (tertiary/aromatic N) is 1. The van der Waals surface area contributed by atoms with Crippen LogP contribution in [0, 0.1) is 0 Å². The van der Waals surface area contributed by atoms with Crippen molar-refractivity contribution in [3.8, 4) is 10.6 Å². The molecule has 2 aromatic rings. The Morgan fingerprint density at radius 3 is 2.85 bits per heavy atom. The number of nitrogens with two attached hydrogens (primary N) is 1. The molecular formula is C8H6N2S3. The molecule has 0 radical (unpaired) electrons. The molecule has 0 amide bonds. The van der Waals surface area contributed by atoms with Crippen molar-refractivity contribution >= 4 is 39.9 Å². The van der Waals surface area contributed by atoms with Crippen LogP contribution in [0.2, 0.25) is 0 Å². The largest absolute Gasteiger partial charge is 0.387 e. The molecule has 2 rings (SSSR count). The minimum absolute atomic E-state index is 0.368. The van der Waals surface area contributed by atoms with Crippen LogP contribution in [0.4, 0.5) is 0 Å². The first-order valence-corrected chi connectivity index (χ1v) is 5.73. The van der Waals surface area contributed by atoms with E-state index < -0.39 is 0 Å². The van der Waals surface area contributed by atoms with Gasteiger partial charge in [-0.3, -0.25) is 0 Å².